The molecule has 6 nitrogen and oxygen atoms in total. The molecule has 2 aromatic rings. The molecule has 0 saturated heterocycles. The third kappa shape index (κ3) is 6.18. The summed E-state index contributed by atoms with van der Waals surface area (Å²) in [4.78, 5) is 11.8. The van der Waals surface area contributed by atoms with E-state index in [4.69, 9.17) is 9.47 Å². The molecule has 0 radical (unpaired) electrons. The quantitative estimate of drug-likeness (QED) is 0.590. The third-order valence-electron chi connectivity index (χ3n) is 3.04. The van der Waals surface area contributed by atoms with Crippen LogP contribution in [0.5, 0.6) is 11.5 Å². The zero-order valence-electron chi connectivity index (χ0n) is 14.7. The Kier molecular flexibility index (Phi) is 6.83. The van der Waals surface area contributed by atoms with Crippen LogP contribution in [0.4, 0.5) is 10.5 Å². The van der Waals surface area contributed by atoms with Crippen molar-refractivity contribution in [2.24, 2.45) is 5.10 Å². The molecule has 25 heavy (non-hydrogen) atoms. The van der Waals surface area contributed by atoms with E-state index in [0.29, 0.717) is 23.8 Å². The fourth-order valence-electron chi connectivity index (χ4n) is 2.07. The standard InChI is InChI=1S/C19H23N3O3/c1-4-24-18-12-15(10-11-17(18)25-14(2)3)13-20-22-19(23)21-16-8-6-5-7-9-16/h5-14H,4H2,1-3H3,(H2,21,22,23)/b20-13+. The van der Waals surface area contributed by atoms with E-state index >= 15 is 0 Å². The minimum Gasteiger partial charge on any atom is -0.490 e. The number of ether oxygens (including phenoxy) is 2. The summed E-state index contributed by atoms with van der Waals surface area (Å²) in [5.41, 5.74) is 3.91. The van der Waals surface area contributed by atoms with Crippen LogP contribution in [0.3, 0.4) is 0 Å². The molecule has 0 fully saturated rings. The number of hydrogen-bond donors (Lipinski definition) is 2. The summed E-state index contributed by atoms with van der Waals surface area (Å²) in [5, 5.41) is 6.63. The van der Waals surface area contributed by atoms with Crippen LogP contribution in [0, 0.1) is 0 Å². The van der Waals surface area contributed by atoms with E-state index in [1.807, 2.05) is 57.2 Å². The highest BCUT2D eigenvalue weighted by molar-refractivity contribution is 5.90. The summed E-state index contributed by atoms with van der Waals surface area (Å²) < 4.78 is 11.3. The van der Waals surface area contributed by atoms with E-state index < -0.39 is 6.03 Å². The number of benzene rings is 2. The van der Waals surface area contributed by atoms with Gasteiger partial charge < -0.3 is 14.8 Å². The number of carbonyl (C=O) groups excluding carboxylic acids is 1. The van der Waals surface area contributed by atoms with Gasteiger partial charge in [-0.15, -0.1) is 0 Å². The molecule has 0 saturated carbocycles. The van der Waals surface area contributed by atoms with Crippen molar-refractivity contribution >= 4 is 17.9 Å². The molecule has 0 aromatic heterocycles. The summed E-state index contributed by atoms with van der Waals surface area (Å²) in [5.74, 6) is 1.33. The van der Waals surface area contributed by atoms with Gasteiger partial charge in [0.05, 0.1) is 18.9 Å². The second kappa shape index (κ2) is 9.32. The minimum absolute atomic E-state index is 0.0575. The lowest BCUT2D eigenvalue weighted by atomic mass is 10.2. The zero-order valence-corrected chi connectivity index (χ0v) is 14.7. The number of hydrogen-bond acceptors (Lipinski definition) is 4. The first-order valence-electron chi connectivity index (χ1n) is 8.17. The Labute approximate surface area is 147 Å². The molecule has 0 heterocycles. The Morgan fingerprint density at radius 2 is 1.92 bits per heavy atom. The SMILES string of the molecule is CCOc1cc(/C=N/NC(=O)Nc2ccccc2)ccc1OC(C)C. The highest BCUT2D eigenvalue weighted by Gasteiger charge is 2.07. The summed E-state index contributed by atoms with van der Waals surface area (Å²) in [6, 6.07) is 14.2. The van der Waals surface area contributed by atoms with Crippen LogP contribution >= 0.6 is 0 Å². The average Bonchev–Trinajstić information content (AvgIpc) is 2.58. The van der Waals surface area contributed by atoms with Gasteiger partial charge in [0.15, 0.2) is 11.5 Å². The van der Waals surface area contributed by atoms with Gasteiger partial charge in [-0.05, 0) is 56.7 Å². The lowest BCUT2D eigenvalue weighted by Gasteiger charge is -2.14. The van der Waals surface area contributed by atoms with Gasteiger partial charge in [-0.3, -0.25) is 0 Å². The van der Waals surface area contributed by atoms with E-state index in [1.54, 1.807) is 18.3 Å². The van der Waals surface area contributed by atoms with E-state index in [2.05, 4.69) is 15.8 Å². The predicted octanol–water partition coefficient (Wildman–Crippen LogP) is 4.03. The number of para-hydroxylation sites is 1. The van der Waals surface area contributed by atoms with Gasteiger partial charge in [-0.2, -0.15) is 5.10 Å². The van der Waals surface area contributed by atoms with Gasteiger partial charge in [0, 0.05) is 5.69 Å². The summed E-state index contributed by atoms with van der Waals surface area (Å²) in [7, 11) is 0. The van der Waals surface area contributed by atoms with Crippen LogP contribution in [-0.4, -0.2) is 25.0 Å². The molecule has 2 N–H and O–H groups in total. The maximum Gasteiger partial charge on any atom is 0.339 e. The number of nitrogens with zero attached hydrogens (tertiary/aromatic N) is 1. The lowest BCUT2D eigenvalue weighted by molar-refractivity contribution is 0.224. The van der Waals surface area contributed by atoms with Gasteiger partial charge in [0.25, 0.3) is 0 Å². The molecular formula is C19H23N3O3. The molecule has 0 spiro atoms. The fourth-order valence-corrected chi connectivity index (χ4v) is 2.07. The molecule has 2 rings (SSSR count). The molecule has 132 valence electrons. The number of anilines is 1. The van der Waals surface area contributed by atoms with Crippen LogP contribution in [0.1, 0.15) is 26.3 Å². The van der Waals surface area contributed by atoms with Gasteiger partial charge in [0.2, 0.25) is 0 Å². The molecule has 0 bridgehead atoms. The van der Waals surface area contributed by atoms with Crippen LogP contribution in [0.15, 0.2) is 53.6 Å². The first kappa shape index (κ1) is 18.3. The largest absolute Gasteiger partial charge is 0.490 e. The van der Waals surface area contributed by atoms with Crippen molar-refractivity contribution in [1.29, 1.82) is 0 Å². The summed E-state index contributed by atoms with van der Waals surface area (Å²) in [6.45, 7) is 6.36. The monoisotopic (exact) mass is 341 g/mol. The Bertz CT molecular complexity index is 715. The van der Waals surface area contributed by atoms with E-state index in [0.717, 1.165) is 5.56 Å². The van der Waals surface area contributed by atoms with Crippen molar-refractivity contribution in [2.75, 3.05) is 11.9 Å². The van der Waals surface area contributed by atoms with Crippen LogP contribution in [-0.2, 0) is 0 Å². The van der Waals surface area contributed by atoms with E-state index in [1.165, 1.54) is 0 Å². The smallest absolute Gasteiger partial charge is 0.339 e. The maximum absolute atomic E-state index is 11.8. The molecule has 0 atom stereocenters. The average molecular weight is 341 g/mol. The fraction of sp³-hybridized carbons (Fsp3) is 0.263. The van der Waals surface area contributed by atoms with Crippen LogP contribution in [0.2, 0.25) is 0 Å². The van der Waals surface area contributed by atoms with E-state index in [9.17, 15) is 4.79 Å². The van der Waals surface area contributed by atoms with Gasteiger partial charge in [0.1, 0.15) is 0 Å². The number of urea groups is 1. The maximum atomic E-state index is 11.8. The van der Waals surface area contributed by atoms with Crippen LogP contribution < -0.4 is 20.2 Å². The normalized spacial score (nSPS) is 10.7. The van der Waals surface area contributed by atoms with Crippen molar-refractivity contribution in [2.45, 2.75) is 26.9 Å². The molecule has 0 unspecified atom stereocenters. The predicted molar refractivity (Wildman–Crippen MR) is 99.6 cm³/mol. The second-order valence-electron chi connectivity index (χ2n) is 5.50. The van der Waals surface area contributed by atoms with Gasteiger partial charge in [-0.1, -0.05) is 18.2 Å². The molecule has 2 aromatic carbocycles. The van der Waals surface area contributed by atoms with Gasteiger partial charge in [-0.25, -0.2) is 10.2 Å². The summed E-state index contributed by atoms with van der Waals surface area (Å²) in [6.07, 6.45) is 1.61. The number of amides is 2. The Balaban J connectivity index is 1.97. The van der Waals surface area contributed by atoms with Crippen molar-refractivity contribution in [3.05, 3.63) is 54.1 Å². The molecule has 0 aliphatic carbocycles. The lowest BCUT2D eigenvalue weighted by Crippen LogP contribution is -2.24. The van der Waals surface area contributed by atoms with Crippen molar-refractivity contribution in [3.8, 4) is 11.5 Å². The zero-order chi connectivity index (χ0) is 18.1. The van der Waals surface area contributed by atoms with Gasteiger partial charge >= 0.3 is 6.03 Å². The first-order valence-corrected chi connectivity index (χ1v) is 8.17. The summed E-state index contributed by atoms with van der Waals surface area (Å²) >= 11 is 0. The molecular weight excluding hydrogens is 318 g/mol. The van der Waals surface area contributed by atoms with Crippen molar-refractivity contribution in [1.82, 2.24) is 5.43 Å². The number of hydrazone groups is 1. The Morgan fingerprint density at radius 3 is 2.60 bits per heavy atom. The van der Waals surface area contributed by atoms with E-state index in [-0.39, 0.29) is 6.10 Å². The third-order valence-corrected chi connectivity index (χ3v) is 3.04. The molecule has 0 aliphatic rings. The number of carbonyl (C=O) groups is 1. The van der Waals surface area contributed by atoms with Crippen molar-refractivity contribution < 1.29 is 14.3 Å². The highest BCUT2D eigenvalue weighted by atomic mass is 16.5. The Morgan fingerprint density at radius 1 is 1.16 bits per heavy atom. The second-order valence-corrected chi connectivity index (χ2v) is 5.50. The van der Waals surface area contributed by atoms with Crippen molar-refractivity contribution in [3.63, 3.8) is 0 Å². The molecule has 0 aliphatic heterocycles. The molecule has 6 heteroatoms. The number of rotatable bonds is 7. The number of nitrogens with one attached hydrogen (secondary N) is 2. The Hall–Kier alpha value is -3.02. The van der Waals surface area contributed by atoms with Crippen LogP contribution in [0.25, 0.3) is 0 Å². The topological polar surface area (TPSA) is 72.0 Å². The first-order chi connectivity index (χ1) is 12.1. The molecule has 2 amide bonds. The highest BCUT2D eigenvalue weighted by Crippen LogP contribution is 2.28. The minimum atomic E-state index is -0.410.